The van der Waals surface area contributed by atoms with Crippen molar-refractivity contribution in [1.29, 1.82) is 0 Å². The Bertz CT molecular complexity index is 558. The first-order valence-electron chi connectivity index (χ1n) is 7.72. The normalized spacial score (nSPS) is 29.0. The maximum atomic E-state index is 11.7. The van der Waals surface area contributed by atoms with Crippen LogP contribution >= 0.6 is 0 Å². The zero-order valence-electron chi connectivity index (χ0n) is 12.3. The molecule has 2 fully saturated rings. The zero-order valence-corrected chi connectivity index (χ0v) is 12.3. The summed E-state index contributed by atoms with van der Waals surface area (Å²) in [6.45, 7) is 1.54. The molecule has 2 aliphatic rings. The van der Waals surface area contributed by atoms with Gasteiger partial charge >= 0.3 is 0 Å². The summed E-state index contributed by atoms with van der Waals surface area (Å²) in [7, 11) is 0. The van der Waals surface area contributed by atoms with Gasteiger partial charge in [0.1, 0.15) is 6.04 Å². The smallest absolute Gasteiger partial charge is 0.249 e. The van der Waals surface area contributed by atoms with E-state index in [2.05, 4.69) is 16.0 Å². The molecule has 2 saturated heterocycles. The molecule has 1 aromatic rings. The van der Waals surface area contributed by atoms with Crippen LogP contribution in [0.2, 0.25) is 0 Å². The lowest BCUT2D eigenvalue weighted by atomic mass is 9.88. The average Bonchev–Trinajstić information content (AvgIpc) is 2.51. The molecule has 1 unspecified atom stereocenters. The molecule has 6 heteroatoms. The molecule has 0 spiro atoms. The fraction of sp³-hybridized carbons (Fsp3) is 0.500. The summed E-state index contributed by atoms with van der Waals surface area (Å²) in [5, 5.41) is 18.7. The Kier molecular flexibility index (Phi) is 4.40. The Hall–Kier alpha value is -1.92. The summed E-state index contributed by atoms with van der Waals surface area (Å²) in [6.07, 6.45) is 1.44. The molecule has 4 N–H and O–H groups in total. The lowest BCUT2D eigenvalue weighted by Gasteiger charge is -2.29. The van der Waals surface area contributed by atoms with E-state index in [-0.39, 0.29) is 29.9 Å². The number of benzene rings is 1. The number of imide groups is 1. The Morgan fingerprint density at radius 3 is 2.59 bits per heavy atom. The van der Waals surface area contributed by atoms with Gasteiger partial charge in [-0.15, -0.1) is 0 Å². The summed E-state index contributed by atoms with van der Waals surface area (Å²) < 4.78 is 0. The number of aliphatic hydroxyl groups excluding tert-OH is 1. The topological polar surface area (TPSA) is 90.5 Å². The van der Waals surface area contributed by atoms with Gasteiger partial charge in [-0.25, -0.2) is 0 Å². The third kappa shape index (κ3) is 3.28. The van der Waals surface area contributed by atoms with E-state index >= 15 is 0 Å². The minimum atomic E-state index is -0.368. The largest absolute Gasteiger partial charge is 0.391 e. The number of β-amino-alcohol motifs (C(OH)–C–C–N with tert-alkyl or cyclic N) is 1. The quantitative estimate of drug-likeness (QED) is 0.605. The van der Waals surface area contributed by atoms with E-state index in [9.17, 15) is 14.7 Å². The number of hydrogen-bond acceptors (Lipinski definition) is 5. The minimum Gasteiger partial charge on any atom is -0.391 e. The summed E-state index contributed by atoms with van der Waals surface area (Å²) in [5.74, 6) is -0.321. The second-order valence-electron chi connectivity index (χ2n) is 5.94. The highest BCUT2D eigenvalue weighted by Gasteiger charge is 2.27. The summed E-state index contributed by atoms with van der Waals surface area (Å²) >= 11 is 0. The van der Waals surface area contributed by atoms with Crippen molar-refractivity contribution in [3.63, 3.8) is 0 Å². The van der Waals surface area contributed by atoms with Crippen molar-refractivity contribution in [3.8, 4) is 0 Å². The Balaban J connectivity index is 1.64. The van der Waals surface area contributed by atoms with E-state index in [1.165, 1.54) is 0 Å². The van der Waals surface area contributed by atoms with Crippen molar-refractivity contribution in [2.45, 2.75) is 37.3 Å². The van der Waals surface area contributed by atoms with Gasteiger partial charge in [-0.2, -0.15) is 0 Å². The second-order valence-corrected chi connectivity index (χ2v) is 5.94. The van der Waals surface area contributed by atoms with Gasteiger partial charge in [-0.1, -0.05) is 12.1 Å². The van der Waals surface area contributed by atoms with Crippen molar-refractivity contribution >= 4 is 17.5 Å². The lowest BCUT2D eigenvalue weighted by Crippen LogP contribution is -2.47. The van der Waals surface area contributed by atoms with Gasteiger partial charge in [-0.05, 0) is 37.1 Å². The number of carbonyl (C=O) groups is 2. The molecule has 0 radical (unpaired) electrons. The van der Waals surface area contributed by atoms with Crippen LogP contribution in [0.25, 0.3) is 0 Å². The molecule has 0 aliphatic carbocycles. The van der Waals surface area contributed by atoms with Crippen molar-refractivity contribution in [2.75, 3.05) is 18.4 Å². The van der Waals surface area contributed by atoms with E-state index in [0.29, 0.717) is 19.4 Å². The number of anilines is 1. The van der Waals surface area contributed by atoms with Crippen molar-refractivity contribution in [1.82, 2.24) is 10.6 Å². The third-order valence-electron chi connectivity index (χ3n) is 4.37. The van der Waals surface area contributed by atoms with Gasteiger partial charge in [0.05, 0.1) is 6.10 Å². The van der Waals surface area contributed by atoms with Crippen molar-refractivity contribution in [3.05, 3.63) is 29.8 Å². The van der Waals surface area contributed by atoms with Gasteiger partial charge < -0.3 is 15.7 Å². The molecule has 0 saturated carbocycles. The number of rotatable bonds is 3. The number of carbonyl (C=O) groups excluding carboxylic acids is 2. The molecule has 2 heterocycles. The molecule has 3 rings (SSSR count). The molecule has 0 bridgehead atoms. The molecule has 2 amide bonds. The summed E-state index contributed by atoms with van der Waals surface area (Å²) in [4.78, 5) is 22.9. The Labute approximate surface area is 129 Å². The number of piperidine rings is 2. The highest BCUT2D eigenvalue weighted by atomic mass is 16.3. The second kappa shape index (κ2) is 6.46. The van der Waals surface area contributed by atoms with Gasteiger partial charge in [0, 0.05) is 24.6 Å². The zero-order chi connectivity index (χ0) is 15.5. The molecule has 3 atom stereocenters. The van der Waals surface area contributed by atoms with Gasteiger partial charge in [0.25, 0.3) is 0 Å². The van der Waals surface area contributed by atoms with Crippen LogP contribution in [0.4, 0.5) is 5.69 Å². The molecule has 1 aromatic carbocycles. The molecule has 118 valence electrons. The highest BCUT2D eigenvalue weighted by Crippen LogP contribution is 2.27. The predicted molar refractivity (Wildman–Crippen MR) is 82.5 cm³/mol. The minimum absolute atomic E-state index is 0.158. The Morgan fingerprint density at radius 2 is 1.91 bits per heavy atom. The molecule has 0 aromatic heterocycles. The molecular formula is C16H21N3O3. The molecule has 6 nitrogen and oxygen atoms in total. The van der Waals surface area contributed by atoms with Crippen LogP contribution in [-0.2, 0) is 9.59 Å². The Morgan fingerprint density at radius 1 is 1.14 bits per heavy atom. The third-order valence-corrected chi connectivity index (χ3v) is 4.37. The highest BCUT2D eigenvalue weighted by molar-refractivity contribution is 6.01. The fourth-order valence-electron chi connectivity index (χ4n) is 3.09. The van der Waals surface area contributed by atoms with Gasteiger partial charge in [0.15, 0.2) is 0 Å². The van der Waals surface area contributed by atoms with Crippen molar-refractivity contribution in [2.24, 2.45) is 0 Å². The van der Waals surface area contributed by atoms with E-state index in [1.807, 2.05) is 24.3 Å². The number of hydrogen-bond donors (Lipinski definition) is 4. The van der Waals surface area contributed by atoms with Crippen LogP contribution in [0, 0.1) is 0 Å². The number of aliphatic hydroxyl groups is 1. The molecule has 2 aliphatic heterocycles. The van der Waals surface area contributed by atoms with E-state index in [1.54, 1.807) is 0 Å². The fourth-order valence-corrected chi connectivity index (χ4v) is 3.09. The van der Waals surface area contributed by atoms with Crippen molar-refractivity contribution < 1.29 is 14.7 Å². The maximum absolute atomic E-state index is 11.7. The lowest BCUT2D eigenvalue weighted by molar-refractivity contribution is -0.133. The van der Waals surface area contributed by atoms with Crippen LogP contribution in [0.5, 0.6) is 0 Å². The van der Waals surface area contributed by atoms with E-state index < -0.39 is 0 Å². The summed E-state index contributed by atoms with van der Waals surface area (Å²) in [6, 6.07) is 7.47. The summed E-state index contributed by atoms with van der Waals surface area (Å²) in [5.41, 5.74) is 1.96. The SMILES string of the molecule is O=C1CCC(Nc2ccc([C@H]3CCNC[C@H]3O)cc2)C(=O)N1. The monoisotopic (exact) mass is 303 g/mol. The standard InChI is InChI=1S/C16H21N3O3/c20-14-9-17-8-7-12(14)10-1-3-11(4-2-10)18-13-5-6-15(21)19-16(13)22/h1-4,12-14,17-18,20H,5-9H2,(H,19,21,22)/t12-,13?,14-/m1/s1. The average molecular weight is 303 g/mol. The van der Waals surface area contributed by atoms with Crippen LogP contribution < -0.4 is 16.0 Å². The first kappa shape index (κ1) is 15.0. The van der Waals surface area contributed by atoms with Gasteiger partial charge in [0.2, 0.25) is 11.8 Å². The van der Waals surface area contributed by atoms with E-state index in [4.69, 9.17) is 0 Å². The van der Waals surface area contributed by atoms with Crippen LogP contribution in [0.15, 0.2) is 24.3 Å². The number of nitrogens with one attached hydrogen (secondary N) is 3. The van der Waals surface area contributed by atoms with Crippen LogP contribution in [-0.4, -0.2) is 42.2 Å². The first-order valence-corrected chi connectivity index (χ1v) is 7.72. The van der Waals surface area contributed by atoms with Gasteiger partial charge in [-0.3, -0.25) is 14.9 Å². The maximum Gasteiger partial charge on any atom is 0.249 e. The van der Waals surface area contributed by atoms with Crippen LogP contribution in [0.3, 0.4) is 0 Å². The predicted octanol–water partition coefficient (Wildman–Crippen LogP) is 0.341. The molecule has 22 heavy (non-hydrogen) atoms. The first-order chi connectivity index (χ1) is 10.6. The molecular weight excluding hydrogens is 282 g/mol. The van der Waals surface area contributed by atoms with E-state index in [0.717, 1.165) is 24.2 Å². The number of amides is 2. The van der Waals surface area contributed by atoms with Crippen LogP contribution in [0.1, 0.15) is 30.7 Å².